The Bertz CT molecular complexity index is 1270. The number of fused-ring (bicyclic) bond motifs is 1. The molecular weight excluding hydrogens is 407 g/mol. The van der Waals surface area contributed by atoms with Crippen molar-refractivity contribution in [3.63, 3.8) is 0 Å². The molecule has 2 aromatic heterocycles. The highest BCUT2D eigenvalue weighted by Crippen LogP contribution is 2.31. The fraction of sp³-hybridized carbons (Fsp3) is 0.160. The summed E-state index contributed by atoms with van der Waals surface area (Å²) in [5.74, 6) is -0.612. The number of morpholine rings is 1. The molecule has 0 unspecified atom stereocenters. The van der Waals surface area contributed by atoms with E-state index in [1.165, 1.54) is 6.07 Å². The molecule has 0 radical (unpaired) electrons. The molecule has 0 atom stereocenters. The van der Waals surface area contributed by atoms with Gasteiger partial charge in [-0.2, -0.15) is 0 Å². The van der Waals surface area contributed by atoms with Crippen molar-refractivity contribution in [2.24, 2.45) is 0 Å². The highest BCUT2D eigenvalue weighted by molar-refractivity contribution is 5.97. The van der Waals surface area contributed by atoms with Crippen LogP contribution in [0.1, 0.15) is 10.4 Å². The molecule has 160 valence electrons. The van der Waals surface area contributed by atoms with Crippen LogP contribution in [-0.4, -0.2) is 47.1 Å². The Morgan fingerprint density at radius 3 is 2.69 bits per heavy atom. The van der Waals surface area contributed by atoms with E-state index in [1.807, 2.05) is 36.4 Å². The predicted molar refractivity (Wildman–Crippen MR) is 121 cm³/mol. The van der Waals surface area contributed by atoms with E-state index in [0.717, 1.165) is 22.3 Å². The summed E-state index contributed by atoms with van der Waals surface area (Å²) in [6.45, 7) is 2.05. The number of anilines is 2. The fourth-order valence-electron chi connectivity index (χ4n) is 3.85. The molecule has 1 fully saturated rings. The average Bonchev–Trinajstić information content (AvgIpc) is 2.85. The highest BCUT2D eigenvalue weighted by Gasteiger charge is 2.20. The monoisotopic (exact) mass is 428 g/mol. The van der Waals surface area contributed by atoms with Crippen LogP contribution in [0.3, 0.4) is 0 Å². The van der Waals surface area contributed by atoms with E-state index in [4.69, 9.17) is 4.74 Å². The third kappa shape index (κ3) is 4.02. The molecule has 1 saturated heterocycles. The van der Waals surface area contributed by atoms with Gasteiger partial charge in [-0.05, 0) is 48.0 Å². The Hall–Kier alpha value is -3.84. The molecule has 7 heteroatoms. The number of nitrogens with one attached hydrogen (secondary N) is 1. The Labute approximate surface area is 184 Å². The lowest BCUT2D eigenvalue weighted by atomic mass is 10.00. The van der Waals surface area contributed by atoms with Crippen LogP contribution in [0.15, 0.2) is 73.2 Å². The molecular formula is C25H21FN4O2. The number of benzene rings is 2. The number of amides is 1. The van der Waals surface area contributed by atoms with Crippen molar-refractivity contribution in [2.75, 3.05) is 31.6 Å². The number of carbonyl (C=O) groups excluding carboxylic acids is 1. The summed E-state index contributed by atoms with van der Waals surface area (Å²) < 4.78 is 20.4. The molecule has 0 spiro atoms. The van der Waals surface area contributed by atoms with Gasteiger partial charge in [0.15, 0.2) is 0 Å². The van der Waals surface area contributed by atoms with Gasteiger partial charge in [0.05, 0.1) is 30.6 Å². The van der Waals surface area contributed by atoms with E-state index < -0.39 is 5.82 Å². The van der Waals surface area contributed by atoms with E-state index in [-0.39, 0.29) is 5.91 Å². The smallest absolute Gasteiger partial charge is 0.254 e. The second-order valence-corrected chi connectivity index (χ2v) is 7.56. The van der Waals surface area contributed by atoms with E-state index in [1.54, 1.807) is 35.6 Å². The van der Waals surface area contributed by atoms with E-state index in [2.05, 4.69) is 15.3 Å². The maximum Gasteiger partial charge on any atom is 0.254 e. The van der Waals surface area contributed by atoms with Crippen LogP contribution in [0.4, 0.5) is 15.8 Å². The summed E-state index contributed by atoms with van der Waals surface area (Å²) in [4.78, 5) is 22.9. The van der Waals surface area contributed by atoms with Crippen molar-refractivity contribution < 1.29 is 13.9 Å². The SMILES string of the molecule is O=C(c1ccc(-c2ccc3nccc(Nc4cccnc4)c3c2)c(F)c1)N1CCOCC1. The number of carbonyl (C=O) groups is 1. The number of hydrogen-bond donors (Lipinski definition) is 1. The van der Waals surface area contributed by atoms with Crippen molar-refractivity contribution in [2.45, 2.75) is 0 Å². The summed E-state index contributed by atoms with van der Waals surface area (Å²) in [7, 11) is 0. The van der Waals surface area contributed by atoms with Crippen LogP contribution in [0.5, 0.6) is 0 Å². The summed E-state index contributed by atoms with van der Waals surface area (Å²) in [5, 5.41) is 4.21. The molecule has 4 aromatic rings. The number of ether oxygens (including phenoxy) is 1. The fourth-order valence-corrected chi connectivity index (χ4v) is 3.85. The van der Waals surface area contributed by atoms with Crippen LogP contribution in [0.25, 0.3) is 22.0 Å². The van der Waals surface area contributed by atoms with Crippen molar-refractivity contribution in [1.82, 2.24) is 14.9 Å². The summed E-state index contributed by atoms with van der Waals surface area (Å²) in [6, 6.07) is 15.9. The van der Waals surface area contributed by atoms with E-state index >= 15 is 4.39 Å². The summed E-state index contributed by atoms with van der Waals surface area (Å²) in [6.07, 6.45) is 5.18. The lowest BCUT2D eigenvalue weighted by molar-refractivity contribution is 0.0302. The first-order valence-electron chi connectivity index (χ1n) is 10.4. The number of halogens is 1. The maximum atomic E-state index is 15.1. The van der Waals surface area contributed by atoms with Crippen LogP contribution in [0, 0.1) is 5.82 Å². The molecule has 1 amide bonds. The second-order valence-electron chi connectivity index (χ2n) is 7.56. The minimum Gasteiger partial charge on any atom is -0.378 e. The summed E-state index contributed by atoms with van der Waals surface area (Å²) >= 11 is 0. The van der Waals surface area contributed by atoms with Gasteiger partial charge in [-0.25, -0.2) is 4.39 Å². The molecule has 32 heavy (non-hydrogen) atoms. The quantitative estimate of drug-likeness (QED) is 0.512. The molecule has 1 aliphatic rings. The zero-order valence-corrected chi connectivity index (χ0v) is 17.3. The van der Waals surface area contributed by atoms with Crippen LogP contribution in [0.2, 0.25) is 0 Å². The summed E-state index contributed by atoms with van der Waals surface area (Å²) in [5.41, 5.74) is 3.98. The minimum atomic E-state index is -0.436. The number of aromatic nitrogens is 2. The van der Waals surface area contributed by atoms with Gasteiger partial charge in [0.2, 0.25) is 0 Å². The van der Waals surface area contributed by atoms with E-state index in [9.17, 15) is 4.79 Å². The Balaban J connectivity index is 1.47. The molecule has 1 N–H and O–H groups in total. The average molecular weight is 428 g/mol. The second kappa shape index (κ2) is 8.72. The van der Waals surface area contributed by atoms with Gasteiger partial charge in [0.1, 0.15) is 5.82 Å². The van der Waals surface area contributed by atoms with Crippen molar-refractivity contribution in [1.29, 1.82) is 0 Å². The Morgan fingerprint density at radius 2 is 1.91 bits per heavy atom. The molecule has 1 aliphatic heterocycles. The zero-order valence-electron chi connectivity index (χ0n) is 17.3. The lowest BCUT2D eigenvalue weighted by Crippen LogP contribution is -2.40. The third-order valence-electron chi connectivity index (χ3n) is 5.51. The van der Waals surface area contributed by atoms with E-state index in [0.29, 0.717) is 43.0 Å². The normalized spacial score (nSPS) is 13.8. The Kier molecular flexibility index (Phi) is 5.47. The zero-order chi connectivity index (χ0) is 21.9. The maximum absolute atomic E-state index is 15.1. The van der Waals surface area contributed by atoms with Crippen molar-refractivity contribution in [3.05, 3.63) is 84.6 Å². The van der Waals surface area contributed by atoms with Gasteiger partial charge in [-0.15, -0.1) is 0 Å². The highest BCUT2D eigenvalue weighted by atomic mass is 19.1. The standard InChI is InChI=1S/C25H21FN4O2/c26-22-15-18(25(31)30-10-12-32-13-11-30)3-5-20(22)17-4-6-23-21(14-17)24(7-9-28-23)29-19-2-1-8-27-16-19/h1-9,14-16H,10-13H2,(H,28,29). The first-order chi connectivity index (χ1) is 15.7. The van der Waals surface area contributed by atoms with Crippen LogP contribution in [-0.2, 0) is 4.74 Å². The van der Waals surface area contributed by atoms with Crippen molar-refractivity contribution >= 4 is 28.2 Å². The molecule has 0 aliphatic carbocycles. The van der Waals surface area contributed by atoms with Gasteiger partial charge in [0.25, 0.3) is 5.91 Å². The molecule has 3 heterocycles. The van der Waals surface area contributed by atoms with Gasteiger partial charge >= 0.3 is 0 Å². The number of pyridine rings is 2. The molecule has 0 saturated carbocycles. The number of nitrogens with zero attached hydrogens (tertiary/aromatic N) is 3. The van der Waals surface area contributed by atoms with Crippen LogP contribution >= 0.6 is 0 Å². The van der Waals surface area contributed by atoms with Gasteiger partial charge in [-0.1, -0.05) is 12.1 Å². The van der Waals surface area contributed by atoms with Gasteiger partial charge < -0.3 is 15.0 Å². The number of rotatable bonds is 4. The third-order valence-corrected chi connectivity index (χ3v) is 5.51. The van der Waals surface area contributed by atoms with Gasteiger partial charge in [0, 0.05) is 47.7 Å². The topological polar surface area (TPSA) is 67.4 Å². The lowest BCUT2D eigenvalue weighted by Gasteiger charge is -2.27. The first-order valence-corrected chi connectivity index (χ1v) is 10.4. The van der Waals surface area contributed by atoms with Gasteiger partial charge in [-0.3, -0.25) is 14.8 Å². The van der Waals surface area contributed by atoms with Crippen LogP contribution < -0.4 is 5.32 Å². The first kappa shape index (κ1) is 20.1. The predicted octanol–water partition coefficient (Wildman–Crippen LogP) is 4.65. The molecule has 0 bridgehead atoms. The largest absolute Gasteiger partial charge is 0.378 e. The van der Waals surface area contributed by atoms with Crippen molar-refractivity contribution in [3.8, 4) is 11.1 Å². The molecule has 5 rings (SSSR count). The minimum absolute atomic E-state index is 0.176. The molecule has 2 aromatic carbocycles. The molecule has 6 nitrogen and oxygen atoms in total. The number of hydrogen-bond acceptors (Lipinski definition) is 5. The Morgan fingerprint density at radius 1 is 1.03 bits per heavy atom.